The van der Waals surface area contributed by atoms with Gasteiger partial charge in [0.1, 0.15) is 11.4 Å². The molecule has 2 fully saturated rings. The van der Waals surface area contributed by atoms with Crippen molar-refractivity contribution < 1.29 is 9.53 Å². The Hall–Kier alpha value is -1.89. The monoisotopic (exact) mass is 446 g/mol. The van der Waals surface area contributed by atoms with Crippen molar-refractivity contribution in [1.82, 2.24) is 15.5 Å². The Morgan fingerprint density at radius 1 is 1.16 bits per heavy atom. The molecule has 2 aliphatic rings. The Morgan fingerprint density at radius 3 is 2.48 bits per heavy atom. The number of guanidine groups is 1. The molecule has 0 atom stereocenters. The molecular formula is C24H38N4O2S. The van der Waals surface area contributed by atoms with Crippen LogP contribution in [-0.2, 0) is 11.3 Å². The van der Waals surface area contributed by atoms with Crippen molar-refractivity contribution in [3.63, 3.8) is 0 Å². The Labute approximate surface area is 191 Å². The second-order valence-electron chi connectivity index (χ2n) is 9.38. The van der Waals surface area contributed by atoms with Gasteiger partial charge in [-0.05, 0) is 52.5 Å². The highest BCUT2D eigenvalue weighted by molar-refractivity contribution is 7.99. The molecule has 1 amide bonds. The zero-order valence-corrected chi connectivity index (χ0v) is 20.3. The summed E-state index contributed by atoms with van der Waals surface area (Å²) < 4.78 is 6.10. The molecule has 1 aliphatic heterocycles. The smallest absolute Gasteiger partial charge is 0.225 e. The average molecular weight is 447 g/mol. The van der Waals surface area contributed by atoms with E-state index in [9.17, 15) is 4.79 Å². The lowest BCUT2D eigenvalue weighted by molar-refractivity contribution is -0.136. The lowest BCUT2D eigenvalue weighted by Gasteiger charge is -2.34. The summed E-state index contributed by atoms with van der Waals surface area (Å²) in [7, 11) is 1.80. The minimum absolute atomic E-state index is 0.192. The minimum atomic E-state index is -0.237. The number of rotatable bonds is 5. The zero-order valence-electron chi connectivity index (χ0n) is 19.4. The summed E-state index contributed by atoms with van der Waals surface area (Å²) in [4.78, 5) is 19.3. The molecule has 31 heavy (non-hydrogen) atoms. The molecule has 0 unspecified atom stereocenters. The van der Waals surface area contributed by atoms with Gasteiger partial charge in [-0.2, -0.15) is 11.8 Å². The van der Waals surface area contributed by atoms with Gasteiger partial charge in [0.25, 0.3) is 0 Å². The van der Waals surface area contributed by atoms with Crippen molar-refractivity contribution in [2.45, 2.75) is 64.6 Å². The highest BCUT2D eigenvalue weighted by Crippen LogP contribution is 2.27. The van der Waals surface area contributed by atoms with Crippen LogP contribution in [0.3, 0.4) is 0 Å². The molecule has 172 valence electrons. The Morgan fingerprint density at radius 2 is 1.84 bits per heavy atom. The Kier molecular flexibility index (Phi) is 8.52. The maximum absolute atomic E-state index is 12.8. The van der Waals surface area contributed by atoms with Gasteiger partial charge in [-0.3, -0.25) is 9.79 Å². The largest absolute Gasteiger partial charge is 0.488 e. The lowest BCUT2D eigenvalue weighted by Crippen LogP contribution is -2.47. The van der Waals surface area contributed by atoms with E-state index in [1.165, 1.54) is 0 Å². The normalized spacial score (nSPS) is 22.7. The van der Waals surface area contributed by atoms with E-state index in [0.717, 1.165) is 67.6 Å². The number of hydrogen-bond donors (Lipinski definition) is 2. The highest BCUT2D eigenvalue weighted by atomic mass is 32.2. The molecule has 1 aliphatic carbocycles. The number of carbonyl (C=O) groups is 1. The molecule has 1 saturated carbocycles. The van der Waals surface area contributed by atoms with Crippen molar-refractivity contribution in [1.29, 1.82) is 0 Å². The van der Waals surface area contributed by atoms with Gasteiger partial charge in [0.2, 0.25) is 5.91 Å². The van der Waals surface area contributed by atoms with Crippen LogP contribution in [0.5, 0.6) is 5.75 Å². The molecule has 6 nitrogen and oxygen atoms in total. The molecular weight excluding hydrogens is 408 g/mol. The number of aliphatic imine (C=N–C) groups is 1. The summed E-state index contributed by atoms with van der Waals surface area (Å²) in [6.45, 7) is 8.65. The average Bonchev–Trinajstić information content (AvgIpc) is 2.77. The van der Waals surface area contributed by atoms with E-state index in [1.54, 1.807) is 7.05 Å². The second kappa shape index (κ2) is 11.1. The fourth-order valence-electron chi connectivity index (χ4n) is 4.17. The van der Waals surface area contributed by atoms with Crippen molar-refractivity contribution >= 4 is 23.6 Å². The number of thioether (sulfide) groups is 1. The van der Waals surface area contributed by atoms with Gasteiger partial charge in [-0.1, -0.05) is 18.2 Å². The SMILES string of the molecule is CN=C(NCc1ccccc1OC(C)(C)C)NC1CCC(C(=O)N2CCSCC2)CC1. The van der Waals surface area contributed by atoms with E-state index in [0.29, 0.717) is 18.5 Å². The molecule has 0 bridgehead atoms. The quantitative estimate of drug-likeness (QED) is 0.534. The van der Waals surface area contributed by atoms with E-state index in [2.05, 4.69) is 47.4 Å². The third-order valence-electron chi connectivity index (χ3n) is 5.80. The van der Waals surface area contributed by atoms with Gasteiger partial charge < -0.3 is 20.3 Å². The van der Waals surface area contributed by atoms with Crippen LogP contribution >= 0.6 is 11.8 Å². The number of ether oxygens (including phenoxy) is 1. The van der Waals surface area contributed by atoms with E-state index in [-0.39, 0.29) is 11.5 Å². The van der Waals surface area contributed by atoms with Gasteiger partial charge >= 0.3 is 0 Å². The molecule has 2 N–H and O–H groups in total. The predicted octanol–water partition coefficient (Wildman–Crippen LogP) is 3.66. The lowest BCUT2D eigenvalue weighted by atomic mass is 9.85. The Balaban J connectivity index is 1.47. The van der Waals surface area contributed by atoms with Gasteiger partial charge in [-0.15, -0.1) is 0 Å². The van der Waals surface area contributed by atoms with Crippen molar-refractivity contribution in [3.8, 4) is 5.75 Å². The van der Waals surface area contributed by atoms with E-state index < -0.39 is 0 Å². The molecule has 0 spiro atoms. The topological polar surface area (TPSA) is 66.0 Å². The first-order valence-corrected chi connectivity index (χ1v) is 12.6. The van der Waals surface area contributed by atoms with E-state index in [1.807, 2.05) is 30.0 Å². The van der Waals surface area contributed by atoms with Crippen LogP contribution in [0, 0.1) is 5.92 Å². The highest BCUT2D eigenvalue weighted by Gasteiger charge is 2.30. The van der Waals surface area contributed by atoms with Gasteiger partial charge in [0.05, 0.1) is 0 Å². The summed E-state index contributed by atoms with van der Waals surface area (Å²) in [5, 5.41) is 6.98. The Bertz CT molecular complexity index is 748. The summed E-state index contributed by atoms with van der Waals surface area (Å²) in [5.41, 5.74) is 0.869. The van der Waals surface area contributed by atoms with Crippen LogP contribution in [0.15, 0.2) is 29.3 Å². The third-order valence-corrected chi connectivity index (χ3v) is 6.74. The molecule has 3 rings (SSSR count). The second-order valence-corrected chi connectivity index (χ2v) is 10.6. The number of hydrogen-bond acceptors (Lipinski definition) is 4. The number of amides is 1. The summed E-state index contributed by atoms with van der Waals surface area (Å²) in [6, 6.07) is 8.48. The molecule has 1 aromatic rings. The fraction of sp³-hybridized carbons (Fsp3) is 0.667. The van der Waals surface area contributed by atoms with Gasteiger partial charge in [-0.25, -0.2) is 0 Å². The minimum Gasteiger partial charge on any atom is -0.488 e. The van der Waals surface area contributed by atoms with Crippen LogP contribution < -0.4 is 15.4 Å². The maximum Gasteiger partial charge on any atom is 0.225 e. The number of nitrogens with one attached hydrogen (secondary N) is 2. The van der Waals surface area contributed by atoms with Crippen molar-refractivity contribution in [2.75, 3.05) is 31.6 Å². The first kappa shape index (κ1) is 23.8. The molecule has 1 saturated heterocycles. The number of benzene rings is 1. The fourth-order valence-corrected chi connectivity index (χ4v) is 5.08. The first-order valence-electron chi connectivity index (χ1n) is 11.5. The van der Waals surface area contributed by atoms with Crippen LogP contribution in [-0.4, -0.2) is 60.1 Å². The van der Waals surface area contributed by atoms with E-state index in [4.69, 9.17) is 4.74 Å². The molecule has 0 aromatic heterocycles. The van der Waals surface area contributed by atoms with Gasteiger partial charge in [0.15, 0.2) is 5.96 Å². The first-order chi connectivity index (χ1) is 14.9. The third kappa shape index (κ3) is 7.34. The maximum atomic E-state index is 12.8. The number of para-hydroxylation sites is 1. The van der Waals surface area contributed by atoms with Gasteiger partial charge in [0, 0.05) is 55.7 Å². The molecule has 1 aromatic carbocycles. The van der Waals surface area contributed by atoms with Crippen molar-refractivity contribution in [3.05, 3.63) is 29.8 Å². The molecule has 1 heterocycles. The predicted molar refractivity (Wildman–Crippen MR) is 130 cm³/mol. The van der Waals surface area contributed by atoms with Crippen LogP contribution in [0.2, 0.25) is 0 Å². The van der Waals surface area contributed by atoms with Crippen LogP contribution in [0.25, 0.3) is 0 Å². The van der Waals surface area contributed by atoms with E-state index >= 15 is 0 Å². The molecule has 0 radical (unpaired) electrons. The molecule has 7 heteroatoms. The summed E-state index contributed by atoms with van der Waals surface area (Å²) in [6.07, 6.45) is 3.92. The van der Waals surface area contributed by atoms with Crippen LogP contribution in [0.4, 0.5) is 0 Å². The number of nitrogens with zero attached hydrogens (tertiary/aromatic N) is 2. The summed E-state index contributed by atoms with van der Waals surface area (Å²) >= 11 is 1.95. The summed E-state index contributed by atoms with van der Waals surface area (Å²) in [5.74, 6) is 4.42. The standard InChI is InChI=1S/C24H38N4O2S/c1-24(2,3)30-21-8-6-5-7-19(21)17-26-23(25-4)27-20-11-9-18(10-12-20)22(29)28-13-15-31-16-14-28/h5-8,18,20H,9-17H2,1-4H3,(H2,25,26,27). The van der Waals surface area contributed by atoms with Crippen LogP contribution in [0.1, 0.15) is 52.0 Å². The number of carbonyl (C=O) groups excluding carboxylic acids is 1. The zero-order chi connectivity index (χ0) is 22.3. The van der Waals surface area contributed by atoms with Crippen molar-refractivity contribution in [2.24, 2.45) is 10.9 Å².